The van der Waals surface area contributed by atoms with Gasteiger partial charge in [-0.3, -0.25) is 0 Å². The second-order valence-electron chi connectivity index (χ2n) is 2.89. The van der Waals surface area contributed by atoms with Crippen LogP contribution in [-0.2, 0) is 0 Å². The predicted molar refractivity (Wildman–Crippen MR) is 57.2 cm³/mol. The Labute approximate surface area is 81.1 Å². The first-order valence-electron chi connectivity index (χ1n) is 4.61. The third-order valence-electron chi connectivity index (χ3n) is 1.77. The second-order valence-corrected chi connectivity index (χ2v) is 2.89. The second kappa shape index (κ2) is 8.80. The van der Waals surface area contributed by atoms with Gasteiger partial charge in [-0.05, 0) is 25.7 Å². The minimum atomic E-state index is 0.641. The average molecular weight is 175 g/mol. The molecule has 0 saturated carbocycles. The Kier molecular flexibility index (Phi) is 7.93. The zero-order chi connectivity index (χ0) is 9.94. The molecule has 0 bridgehead atoms. The Bertz CT molecular complexity index is 218. The standard InChI is InChI=1S/C12H17N/c1-3-5-9-12(8-4-2)10-6-7-11-13/h3-4,9H,1-2,5-8,10H2/b12-9+. The van der Waals surface area contributed by atoms with Gasteiger partial charge in [0.05, 0.1) is 6.07 Å². The predicted octanol–water partition coefficient (Wildman–Crippen LogP) is 3.76. The van der Waals surface area contributed by atoms with Crippen molar-refractivity contribution in [1.29, 1.82) is 5.26 Å². The smallest absolute Gasteiger partial charge is 0.0621 e. The van der Waals surface area contributed by atoms with Crippen molar-refractivity contribution in [2.75, 3.05) is 0 Å². The summed E-state index contributed by atoms with van der Waals surface area (Å²) in [6.45, 7) is 7.37. The molecule has 0 aromatic rings. The summed E-state index contributed by atoms with van der Waals surface area (Å²) in [4.78, 5) is 0. The van der Waals surface area contributed by atoms with Crippen LogP contribution in [0.5, 0.6) is 0 Å². The largest absolute Gasteiger partial charge is 0.198 e. The van der Waals surface area contributed by atoms with E-state index in [2.05, 4.69) is 25.3 Å². The Morgan fingerprint density at radius 3 is 2.62 bits per heavy atom. The van der Waals surface area contributed by atoms with Gasteiger partial charge in [-0.1, -0.05) is 23.8 Å². The molecule has 0 N–H and O–H groups in total. The summed E-state index contributed by atoms with van der Waals surface area (Å²) >= 11 is 0. The number of hydrogen-bond acceptors (Lipinski definition) is 1. The lowest BCUT2D eigenvalue weighted by atomic mass is 10.0. The SMILES string of the molecule is C=CC/C=C(\CC=C)CCCC#N. The van der Waals surface area contributed by atoms with Gasteiger partial charge in [-0.15, -0.1) is 13.2 Å². The van der Waals surface area contributed by atoms with Crippen LogP contribution < -0.4 is 0 Å². The molecule has 1 nitrogen and oxygen atoms in total. The van der Waals surface area contributed by atoms with Gasteiger partial charge in [0, 0.05) is 6.42 Å². The normalized spacial score (nSPS) is 10.5. The number of nitriles is 1. The van der Waals surface area contributed by atoms with Gasteiger partial charge in [-0.2, -0.15) is 5.26 Å². The minimum absolute atomic E-state index is 0.641. The van der Waals surface area contributed by atoms with E-state index in [1.807, 2.05) is 12.2 Å². The van der Waals surface area contributed by atoms with Crippen LogP contribution in [0.2, 0.25) is 0 Å². The Balaban J connectivity index is 3.86. The van der Waals surface area contributed by atoms with Gasteiger partial charge in [0.1, 0.15) is 0 Å². The summed E-state index contributed by atoms with van der Waals surface area (Å²) in [5, 5.41) is 8.38. The molecular formula is C12H17N. The number of rotatable bonds is 7. The van der Waals surface area contributed by atoms with Crippen molar-refractivity contribution in [2.45, 2.75) is 32.1 Å². The summed E-state index contributed by atoms with van der Waals surface area (Å²) in [5.41, 5.74) is 1.37. The van der Waals surface area contributed by atoms with E-state index in [9.17, 15) is 0 Å². The zero-order valence-corrected chi connectivity index (χ0v) is 8.13. The van der Waals surface area contributed by atoms with E-state index in [0.29, 0.717) is 6.42 Å². The molecule has 0 aliphatic rings. The van der Waals surface area contributed by atoms with Crippen LogP contribution in [0, 0.1) is 11.3 Å². The van der Waals surface area contributed by atoms with Gasteiger partial charge in [0.2, 0.25) is 0 Å². The molecule has 0 fully saturated rings. The lowest BCUT2D eigenvalue weighted by Gasteiger charge is -2.01. The molecule has 0 aromatic carbocycles. The maximum Gasteiger partial charge on any atom is 0.0621 e. The molecule has 0 spiro atoms. The molecular weight excluding hydrogens is 158 g/mol. The van der Waals surface area contributed by atoms with Crippen LogP contribution in [0.1, 0.15) is 32.1 Å². The minimum Gasteiger partial charge on any atom is -0.198 e. The van der Waals surface area contributed by atoms with Crippen molar-refractivity contribution >= 4 is 0 Å². The van der Waals surface area contributed by atoms with Gasteiger partial charge < -0.3 is 0 Å². The van der Waals surface area contributed by atoms with E-state index in [4.69, 9.17) is 5.26 Å². The van der Waals surface area contributed by atoms with E-state index in [1.54, 1.807) is 0 Å². The van der Waals surface area contributed by atoms with Crippen LogP contribution in [0.4, 0.5) is 0 Å². The molecule has 0 rings (SSSR count). The number of nitrogens with zero attached hydrogens (tertiary/aromatic N) is 1. The Morgan fingerprint density at radius 1 is 1.31 bits per heavy atom. The number of unbranched alkanes of at least 4 members (excludes halogenated alkanes) is 1. The highest BCUT2D eigenvalue weighted by molar-refractivity contribution is 5.08. The number of hydrogen-bond donors (Lipinski definition) is 0. The highest BCUT2D eigenvalue weighted by Gasteiger charge is 1.94. The van der Waals surface area contributed by atoms with Gasteiger partial charge in [0.15, 0.2) is 0 Å². The zero-order valence-electron chi connectivity index (χ0n) is 8.13. The summed E-state index contributed by atoms with van der Waals surface area (Å²) < 4.78 is 0. The van der Waals surface area contributed by atoms with Crippen LogP contribution in [-0.4, -0.2) is 0 Å². The van der Waals surface area contributed by atoms with Crippen LogP contribution in [0.15, 0.2) is 37.0 Å². The van der Waals surface area contributed by atoms with Crippen LogP contribution in [0.25, 0.3) is 0 Å². The molecule has 0 aliphatic heterocycles. The molecule has 1 heteroatoms. The van der Waals surface area contributed by atoms with E-state index in [1.165, 1.54) is 5.57 Å². The molecule has 0 aromatic heterocycles. The Hall–Kier alpha value is -1.29. The van der Waals surface area contributed by atoms with Crippen molar-refractivity contribution in [3.63, 3.8) is 0 Å². The summed E-state index contributed by atoms with van der Waals surface area (Å²) in [5.74, 6) is 0. The van der Waals surface area contributed by atoms with Crippen molar-refractivity contribution in [1.82, 2.24) is 0 Å². The molecule has 0 heterocycles. The topological polar surface area (TPSA) is 23.8 Å². The van der Waals surface area contributed by atoms with Crippen molar-refractivity contribution in [3.05, 3.63) is 37.0 Å². The van der Waals surface area contributed by atoms with Gasteiger partial charge in [0.25, 0.3) is 0 Å². The monoisotopic (exact) mass is 175 g/mol. The van der Waals surface area contributed by atoms with Gasteiger partial charge >= 0.3 is 0 Å². The van der Waals surface area contributed by atoms with Crippen molar-refractivity contribution in [2.24, 2.45) is 0 Å². The van der Waals surface area contributed by atoms with Crippen molar-refractivity contribution < 1.29 is 0 Å². The fourth-order valence-corrected chi connectivity index (χ4v) is 1.12. The third-order valence-corrected chi connectivity index (χ3v) is 1.77. The summed E-state index contributed by atoms with van der Waals surface area (Å²) in [6.07, 6.45) is 10.4. The first-order chi connectivity index (χ1) is 6.35. The van der Waals surface area contributed by atoms with E-state index >= 15 is 0 Å². The lowest BCUT2D eigenvalue weighted by Crippen LogP contribution is -1.82. The van der Waals surface area contributed by atoms with E-state index in [-0.39, 0.29) is 0 Å². The third kappa shape index (κ3) is 7.08. The Morgan fingerprint density at radius 2 is 2.08 bits per heavy atom. The molecule has 0 unspecified atom stereocenters. The van der Waals surface area contributed by atoms with Gasteiger partial charge in [-0.25, -0.2) is 0 Å². The summed E-state index contributed by atoms with van der Waals surface area (Å²) in [6, 6.07) is 2.15. The highest BCUT2D eigenvalue weighted by atomic mass is 14.2. The van der Waals surface area contributed by atoms with Crippen LogP contribution >= 0.6 is 0 Å². The lowest BCUT2D eigenvalue weighted by molar-refractivity contribution is 0.819. The van der Waals surface area contributed by atoms with Crippen LogP contribution in [0.3, 0.4) is 0 Å². The first-order valence-corrected chi connectivity index (χ1v) is 4.61. The maximum atomic E-state index is 8.38. The molecule has 70 valence electrons. The van der Waals surface area contributed by atoms with E-state index in [0.717, 1.165) is 25.7 Å². The summed E-state index contributed by atoms with van der Waals surface area (Å²) in [7, 11) is 0. The fraction of sp³-hybridized carbons (Fsp3) is 0.417. The van der Waals surface area contributed by atoms with E-state index < -0.39 is 0 Å². The fourth-order valence-electron chi connectivity index (χ4n) is 1.12. The van der Waals surface area contributed by atoms with Crippen molar-refractivity contribution in [3.8, 4) is 6.07 Å². The quantitative estimate of drug-likeness (QED) is 0.427. The average Bonchev–Trinajstić information content (AvgIpc) is 2.14. The molecule has 0 amide bonds. The molecule has 13 heavy (non-hydrogen) atoms. The molecule has 0 radical (unpaired) electrons. The number of allylic oxidation sites excluding steroid dienone is 4. The molecule has 0 atom stereocenters. The molecule has 0 saturated heterocycles. The molecule has 0 aliphatic carbocycles. The highest BCUT2D eigenvalue weighted by Crippen LogP contribution is 2.12. The maximum absolute atomic E-state index is 8.38. The first kappa shape index (κ1) is 11.7.